The number of hydrogen-bond acceptors (Lipinski definition) is 2. The molecule has 2 aliphatic heterocycles. The van der Waals surface area contributed by atoms with Gasteiger partial charge in [0.1, 0.15) is 0 Å². The van der Waals surface area contributed by atoms with Gasteiger partial charge in [0.2, 0.25) is 0 Å². The molecule has 1 atom stereocenters. The summed E-state index contributed by atoms with van der Waals surface area (Å²) in [5, 5.41) is 0. The molecule has 0 N–H and O–H groups in total. The first kappa shape index (κ1) is 16.3. The Hall–Kier alpha value is -1.55. The number of amides is 2. The molecule has 2 amide bonds. The quantitative estimate of drug-likeness (QED) is 0.797. The van der Waals surface area contributed by atoms with Gasteiger partial charge in [-0.3, -0.25) is 0 Å². The van der Waals surface area contributed by atoms with Gasteiger partial charge in [-0.1, -0.05) is 30.3 Å². The van der Waals surface area contributed by atoms with Crippen molar-refractivity contribution in [1.29, 1.82) is 0 Å². The van der Waals surface area contributed by atoms with Gasteiger partial charge < -0.3 is 14.7 Å². The molecule has 2 fully saturated rings. The molecular formula is C19H29N3O. The summed E-state index contributed by atoms with van der Waals surface area (Å²) < 4.78 is 0. The predicted octanol–water partition coefficient (Wildman–Crippen LogP) is 2.87. The van der Waals surface area contributed by atoms with Gasteiger partial charge in [-0.2, -0.15) is 0 Å². The highest BCUT2D eigenvalue weighted by Crippen LogP contribution is 2.44. The second-order valence-electron chi connectivity index (χ2n) is 7.67. The zero-order chi connectivity index (χ0) is 16.4. The molecule has 0 aromatic heterocycles. The van der Waals surface area contributed by atoms with Crippen LogP contribution in [0.3, 0.4) is 0 Å². The first-order chi connectivity index (χ1) is 11.0. The minimum Gasteiger partial charge on any atom is -0.331 e. The van der Waals surface area contributed by atoms with Gasteiger partial charge in [0.05, 0.1) is 0 Å². The minimum atomic E-state index is 0.156. The molecule has 2 heterocycles. The fourth-order valence-corrected chi connectivity index (χ4v) is 4.43. The predicted molar refractivity (Wildman–Crippen MR) is 93.6 cm³/mol. The fourth-order valence-electron chi connectivity index (χ4n) is 4.43. The maximum atomic E-state index is 12.2. The lowest BCUT2D eigenvalue weighted by atomic mass is 9.68. The number of likely N-dealkylation sites (N-methyl/N-ethyl adjacent to an activating group) is 1. The van der Waals surface area contributed by atoms with Crippen LogP contribution in [0.15, 0.2) is 30.3 Å². The van der Waals surface area contributed by atoms with Crippen LogP contribution in [0, 0.1) is 5.41 Å². The molecule has 2 aliphatic rings. The van der Waals surface area contributed by atoms with E-state index in [1.165, 1.54) is 18.5 Å². The maximum Gasteiger partial charge on any atom is 0.319 e. The molecule has 2 saturated heterocycles. The summed E-state index contributed by atoms with van der Waals surface area (Å²) in [6.07, 6.45) is 3.51. The first-order valence-corrected chi connectivity index (χ1v) is 8.69. The summed E-state index contributed by atoms with van der Waals surface area (Å²) in [7, 11) is 5.92. The third-order valence-electron chi connectivity index (χ3n) is 5.56. The van der Waals surface area contributed by atoms with Crippen LogP contribution in [0.5, 0.6) is 0 Å². The molecule has 0 bridgehead atoms. The molecule has 1 aromatic carbocycles. The maximum absolute atomic E-state index is 12.2. The highest BCUT2D eigenvalue weighted by atomic mass is 16.2. The first-order valence-electron chi connectivity index (χ1n) is 8.69. The van der Waals surface area contributed by atoms with Gasteiger partial charge in [0.15, 0.2) is 0 Å². The molecule has 0 unspecified atom stereocenters. The van der Waals surface area contributed by atoms with Crippen LogP contribution in [-0.4, -0.2) is 68.1 Å². The summed E-state index contributed by atoms with van der Waals surface area (Å²) in [6.45, 7) is 4.10. The van der Waals surface area contributed by atoms with Crippen LogP contribution < -0.4 is 0 Å². The highest BCUT2D eigenvalue weighted by molar-refractivity contribution is 5.73. The molecule has 4 nitrogen and oxygen atoms in total. The van der Waals surface area contributed by atoms with E-state index in [-0.39, 0.29) is 6.03 Å². The SMILES string of the molecule is CN1C[C@H](c2ccccc2)CC2(CCN(C(=O)N(C)C)CC2)C1. The van der Waals surface area contributed by atoms with Gasteiger partial charge in [0, 0.05) is 40.3 Å². The number of likely N-dealkylation sites (tertiary alicyclic amines) is 2. The van der Waals surface area contributed by atoms with E-state index in [4.69, 9.17) is 0 Å². The Morgan fingerprint density at radius 3 is 2.43 bits per heavy atom. The van der Waals surface area contributed by atoms with Gasteiger partial charge in [-0.15, -0.1) is 0 Å². The molecule has 126 valence electrons. The van der Waals surface area contributed by atoms with E-state index in [0.29, 0.717) is 11.3 Å². The molecule has 0 radical (unpaired) electrons. The van der Waals surface area contributed by atoms with Gasteiger partial charge in [0.25, 0.3) is 0 Å². The fraction of sp³-hybridized carbons (Fsp3) is 0.632. The number of carbonyl (C=O) groups is 1. The van der Waals surface area contributed by atoms with Crippen molar-refractivity contribution in [3.05, 3.63) is 35.9 Å². The Morgan fingerprint density at radius 2 is 1.83 bits per heavy atom. The Kier molecular flexibility index (Phi) is 4.62. The average Bonchev–Trinajstić information content (AvgIpc) is 2.55. The van der Waals surface area contributed by atoms with E-state index in [1.54, 1.807) is 4.90 Å². The second-order valence-corrected chi connectivity index (χ2v) is 7.67. The van der Waals surface area contributed by atoms with Crippen LogP contribution in [0.2, 0.25) is 0 Å². The van der Waals surface area contributed by atoms with Crippen molar-refractivity contribution in [2.75, 3.05) is 47.3 Å². The Morgan fingerprint density at radius 1 is 1.17 bits per heavy atom. The topological polar surface area (TPSA) is 26.8 Å². The Labute approximate surface area is 140 Å². The van der Waals surface area contributed by atoms with Crippen molar-refractivity contribution in [2.24, 2.45) is 5.41 Å². The molecular weight excluding hydrogens is 286 g/mol. The lowest BCUT2D eigenvalue weighted by Gasteiger charge is -2.49. The summed E-state index contributed by atoms with van der Waals surface area (Å²) in [5.41, 5.74) is 1.83. The molecule has 23 heavy (non-hydrogen) atoms. The van der Waals surface area contributed by atoms with E-state index in [2.05, 4.69) is 42.3 Å². The smallest absolute Gasteiger partial charge is 0.319 e. The van der Waals surface area contributed by atoms with Crippen molar-refractivity contribution >= 4 is 6.03 Å². The van der Waals surface area contributed by atoms with E-state index in [9.17, 15) is 4.79 Å². The van der Waals surface area contributed by atoms with Crippen LogP contribution in [0.1, 0.15) is 30.7 Å². The van der Waals surface area contributed by atoms with E-state index in [0.717, 1.165) is 32.5 Å². The summed E-state index contributed by atoms with van der Waals surface area (Å²) >= 11 is 0. The minimum absolute atomic E-state index is 0.156. The standard InChI is InChI=1S/C19H29N3O/c1-20(2)18(23)22-11-9-19(10-12-22)13-17(14-21(3)15-19)16-7-5-4-6-8-16/h4-8,17H,9-15H2,1-3H3/t17-/m1/s1. The summed E-state index contributed by atoms with van der Waals surface area (Å²) in [6, 6.07) is 11.1. The van der Waals surface area contributed by atoms with Crippen LogP contribution in [0.25, 0.3) is 0 Å². The molecule has 0 aliphatic carbocycles. The molecule has 1 spiro atoms. The molecule has 3 rings (SSSR count). The van der Waals surface area contributed by atoms with Crippen LogP contribution >= 0.6 is 0 Å². The van der Waals surface area contributed by atoms with E-state index >= 15 is 0 Å². The zero-order valence-electron chi connectivity index (χ0n) is 14.7. The number of benzene rings is 1. The zero-order valence-corrected chi connectivity index (χ0v) is 14.7. The van der Waals surface area contributed by atoms with E-state index in [1.807, 2.05) is 19.0 Å². The van der Waals surface area contributed by atoms with Gasteiger partial charge >= 0.3 is 6.03 Å². The third-order valence-corrected chi connectivity index (χ3v) is 5.56. The highest BCUT2D eigenvalue weighted by Gasteiger charge is 2.42. The molecule has 0 saturated carbocycles. The van der Waals surface area contributed by atoms with Gasteiger partial charge in [-0.05, 0) is 43.2 Å². The second kappa shape index (κ2) is 6.52. The van der Waals surface area contributed by atoms with Crippen molar-refractivity contribution in [3.63, 3.8) is 0 Å². The third kappa shape index (κ3) is 3.52. The number of piperidine rings is 2. The molecule has 1 aromatic rings. The number of carbonyl (C=O) groups excluding carboxylic acids is 1. The van der Waals surface area contributed by atoms with Crippen molar-refractivity contribution in [2.45, 2.75) is 25.2 Å². The monoisotopic (exact) mass is 315 g/mol. The van der Waals surface area contributed by atoms with Crippen molar-refractivity contribution < 1.29 is 4.79 Å². The number of hydrogen-bond donors (Lipinski definition) is 0. The van der Waals surface area contributed by atoms with E-state index < -0.39 is 0 Å². The summed E-state index contributed by atoms with van der Waals surface area (Å²) in [4.78, 5) is 18.4. The number of nitrogens with zero attached hydrogens (tertiary/aromatic N) is 3. The average molecular weight is 315 g/mol. The lowest BCUT2D eigenvalue weighted by molar-refractivity contribution is 0.0308. The van der Waals surface area contributed by atoms with Crippen LogP contribution in [0.4, 0.5) is 4.79 Å². The van der Waals surface area contributed by atoms with Gasteiger partial charge in [-0.25, -0.2) is 4.79 Å². The summed E-state index contributed by atoms with van der Waals surface area (Å²) in [5.74, 6) is 0.617. The van der Waals surface area contributed by atoms with Crippen molar-refractivity contribution in [1.82, 2.24) is 14.7 Å². The molecule has 4 heteroatoms. The number of rotatable bonds is 1. The number of urea groups is 1. The normalized spacial score (nSPS) is 24.7. The largest absolute Gasteiger partial charge is 0.331 e. The Balaban J connectivity index is 1.69. The van der Waals surface area contributed by atoms with Crippen LogP contribution in [-0.2, 0) is 0 Å². The lowest BCUT2D eigenvalue weighted by Crippen LogP contribution is -2.52. The van der Waals surface area contributed by atoms with Crippen molar-refractivity contribution in [3.8, 4) is 0 Å². The Bertz CT molecular complexity index is 535.